The molecule has 4 nitrogen and oxygen atoms in total. The molecular formula is C13H17N2O2S2+. The molecule has 0 spiro atoms. The highest BCUT2D eigenvalue weighted by Gasteiger charge is 2.51. The maximum Gasteiger partial charge on any atom is 0.292 e. The Morgan fingerprint density at radius 2 is 1.95 bits per heavy atom. The molecule has 1 heterocycles. The van der Waals surface area contributed by atoms with E-state index in [0.717, 1.165) is 9.88 Å². The Balaban J connectivity index is 2.30. The molecule has 0 radical (unpaired) electrons. The fourth-order valence-corrected chi connectivity index (χ4v) is 4.01. The van der Waals surface area contributed by atoms with E-state index in [9.17, 15) is 10.3 Å². The van der Waals surface area contributed by atoms with Gasteiger partial charge in [-0.05, 0) is 42.9 Å². The number of thiocarbonyl (C=S) groups is 1. The Morgan fingerprint density at radius 1 is 1.37 bits per heavy atom. The Bertz CT molecular complexity index is 526. The number of thioether (sulfide) groups is 1. The molecule has 0 saturated carbocycles. The van der Waals surface area contributed by atoms with Gasteiger partial charge in [-0.3, -0.25) is 10.1 Å². The lowest BCUT2D eigenvalue weighted by molar-refractivity contribution is -0.807. The quantitative estimate of drug-likeness (QED) is 0.288. The van der Waals surface area contributed by atoms with E-state index >= 15 is 0 Å². The lowest BCUT2D eigenvalue weighted by atomic mass is 10.1. The Labute approximate surface area is 122 Å². The van der Waals surface area contributed by atoms with Crippen molar-refractivity contribution < 1.29 is 15.1 Å². The fourth-order valence-electron chi connectivity index (χ4n) is 2.20. The van der Waals surface area contributed by atoms with Crippen LogP contribution in [0.2, 0.25) is 0 Å². The second kappa shape index (κ2) is 5.02. The molecule has 6 heteroatoms. The second-order valence-electron chi connectivity index (χ2n) is 5.06. The van der Waals surface area contributed by atoms with E-state index in [1.54, 1.807) is 42.2 Å². The van der Waals surface area contributed by atoms with Crippen molar-refractivity contribution in [3.05, 3.63) is 29.8 Å². The van der Waals surface area contributed by atoms with Crippen molar-refractivity contribution in [3.8, 4) is 5.75 Å². The minimum absolute atomic E-state index is 0.200. The van der Waals surface area contributed by atoms with E-state index in [-0.39, 0.29) is 16.7 Å². The summed E-state index contributed by atoms with van der Waals surface area (Å²) in [7, 11) is 1.88. The van der Waals surface area contributed by atoms with Gasteiger partial charge >= 0.3 is 0 Å². The maximum atomic E-state index is 10.3. The summed E-state index contributed by atoms with van der Waals surface area (Å²) in [6, 6.07) is 6.66. The van der Waals surface area contributed by atoms with Crippen LogP contribution in [-0.2, 0) is 0 Å². The number of hydrogen-bond donors (Lipinski definition) is 2. The summed E-state index contributed by atoms with van der Waals surface area (Å²) in [4.78, 5) is 1.89. The van der Waals surface area contributed by atoms with Gasteiger partial charge in [0.1, 0.15) is 14.8 Å². The third-order valence-corrected chi connectivity index (χ3v) is 4.79. The molecule has 1 saturated heterocycles. The fraction of sp³-hybridized carbons (Fsp3) is 0.385. The zero-order valence-electron chi connectivity index (χ0n) is 11.1. The van der Waals surface area contributed by atoms with Gasteiger partial charge in [0.25, 0.3) is 6.17 Å². The molecule has 1 aliphatic rings. The standard InChI is InChI=1S/C13H16N2O2S2/c1-13(2)11(14(3)12(18)19-13)15(17)8-9-4-6-10(16)7-5-9/h4-8,11,17H,1-3H3/p+1. The topological polar surface area (TPSA) is 46.7 Å². The van der Waals surface area contributed by atoms with E-state index in [2.05, 4.69) is 0 Å². The van der Waals surface area contributed by atoms with E-state index in [4.69, 9.17) is 12.2 Å². The molecular weight excluding hydrogens is 280 g/mol. The zero-order valence-corrected chi connectivity index (χ0v) is 12.7. The largest absolute Gasteiger partial charge is 0.508 e. The number of nitrogens with zero attached hydrogens (tertiary/aromatic N) is 2. The molecule has 0 bridgehead atoms. The molecule has 1 unspecified atom stereocenters. The van der Waals surface area contributed by atoms with E-state index in [1.807, 2.05) is 25.8 Å². The van der Waals surface area contributed by atoms with Crippen molar-refractivity contribution >= 4 is 34.5 Å². The summed E-state index contributed by atoms with van der Waals surface area (Å²) < 4.78 is 1.75. The van der Waals surface area contributed by atoms with Crippen LogP contribution >= 0.6 is 24.0 Å². The van der Waals surface area contributed by atoms with Crippen LogP contribution in [0, 0.1) is 0 Å². The van der Waals surface area contributed by atoms with Crippen molar-refractivity contribution in [2.45, 2.75) is 24.8 Å². The molecule has 0 amide bonds. The van der Waals surface area contributed by atoms with Crippen LogP contribution in [-0.4, -0.2) is 48.4 Å². The lowest BCUT2D eigenvalue weighted by Crippen LogP contribution is -2.47. The first-order valence-electron chi connectivity index (χ1n) is 5.88. The monoisotopic (exact) mass is 297 g/mol. The van der Waals surface area contributed by atoms with Crippen molar-refractivity contribution in [3.63, 3.8) is 0 Å². The number of hydrogen-bond acceptors (Lipinski definition) is 4. The van der Waals surface area contributed by atoms with Gasteiger partial charge in [-0.1, -0.05) is 24.0 Å². The first kappa shape index (κ1) is 14.1. The average molecular weight is 297 g/mol. The molecule has 2 N–H and O–H groups in total. The van der Waals surface area contributed by atoms with E-state index in [0.29, 0.717) is 0 Å². The summed E-state index contributed by atoms with van der Waals surface area (Å²) in [6.45, 7) is 4.10. The number of hydroxylamine groups is 1. The summed E-state index contributed by atoms with van der Waals surface area (Å²) in [6.07, 6.45) is 1.41. The number of benzene rings is 1. The number of phenols is 1. The zero-order chi connectivity index (χ0) is 14.2. The summed E-state index contributed by atoms with van der Waals surface area (Å²) in [5.41, 5.74) is 0.812. The number of phenolic OH excluding ortho intramolecular Hbond substituents is 1. The van der Waals surface area contributed by atoms with Gasteiger partial charge in [-0.25, -0.2) is 0 Å². The Hall–Kier alpha value is -1.27. The lowest BCUT2D eigenvalue weighted by Gasteiger charge is -2.21. The van der Waals surface area contributed by atoms with Gasteiger partial charge in [0.15, 0.2) is 0 Å². The van der Waals surface area contributed by atoms with Crippen molar-refractivity contribution in [1.82, 2.24) is 4.90 Å². The van der Waals surface area contributed by atoms with E-state index in [1.165, 1.54) is 4.74 Å². The number of aromatic hydroxyl groups is 1. The molecule has 2 rings (SSSR count). The molecule has 0 aromatic heterocycles. The van der Waals surface area contributed by atoms with E-state index < -0.39 is 0 Å². The van der Waals surface area contributed by atoms with Crippen LogP contribution in [0.5, 0.6) is 5.75 Å². The Kier molecular flexibility index (Phi) is 3.73. The first-order valence-corrected chi connectivity index (χ1v) is 7.10. The van der Waals surface area contributed by atoms with Crippen LogP contribution in [0.1, 0.15) is 19.4 Å². The van der Waals surface area contributed by atoms with Gasteiger partial charge in [0.2, 0.25) is 6.21 Å². The van der Waals surface area contributed by atoms with Gasteiger partial charge in [-0.15, -0.1) is 0 Å². The van der Waals surface area contributed by atoms with Crippen molar-refractivity contribution in [2.24, 2.45) is 0 Å². The van der Waals surface area contributed by atoms with Crippen LogP contribution in [0.4, 0.5) is 0 Å². The smallest absolute Gasteiger partial charge is 0.292 e. The van der Waals surface area contributed by atoms with Crippen LogP contribution in [0.3, 0.4) is 0 Å². The maximum absolute atomic E-state index is 10.3. The highest BCUT2D eigenvalue weighted by Crippen LogP contribution is 2.40. The highest BCUT2D eigenvalue weighted by molar-refractivity contribution is 8.24. The molecule has 19 heavy (non-hydrogen) atoms. The normalized spacial score (nSPS) is 22.9. The molecule has 0 aliphatic carbocycles. The minimum Gasteiger partial charge on any atom is -0.508 e. The SMILES string of the molecule is CN1C(=S)SC(C)(C)C1[N+](O)=Cc1ccc(O)cc1. The van der Waals surface area contributed by atoms with Gasteiger partial charge < -0.3 is 5.11 Å². The molecule has 102 valence electrons. The van der Waals surface area contributed by atoms with Crippen molar-refractivity contribution in [2.75, 3.05) is 7.05 Å². The van der Waals surface area contributed by atoms with Gasteiger partial charge in [-0.2, -0.15) is 0 Å². The second-order valence-corrected chi connectivity index (χ2v) is 7.34. The molecule has 1 atom stereocenters. The highest BCUT2D eigenvalue weighted by atomic mass is 32.2. The number of rotatable bonds is 2. The molecule has 1 fully saturated rings. The first-order chi connectivity index (χ1) is 8.81. The summed E-state index contributed by atoms with van der Waals surface area (Å²) >= 11 is 6.85. The molecule has 1 aromatic rings. The third-order valence-electron chi connectivity index (χ3n) is 3.05. The van der Waals surface area contributed by atoms with Gasteiger partial charge in [0, 0.05) is 12.6 Å². The average Bonchev–Trinajstić information content (AvgIpc) is 2.51. The molecule has 1 aromatic carbocycles. The van der Waals surface area contributed by atoms with Crippen molar-refractivity contribution in [1.29, 1.82) is 0 Å². The Morgan fingerprint density at radius 3 is 2.42 bits per heavy atom. The summed E-state index contributed by atoms with van der Waals surface area (Å²) in [5, 5.41) is 19.5. The minimum atomic E-state index is -0.223. The van der Waals surface area contributed by atoms with Crippen LogP contribution in [0.15, 0.2) is 24.3 Å². The van der Waals surface area contributed by atoms with Crippen LogP contribution in [0.25, 0.3) is 0 Å². The van der Waals surface area contributed by atoms with Gasteiger partial charge in [0.05, 0.1) is 0 Å². The van der Waals surface area contributed by atoms with Crippen LogP contribution < -0.4 is 0 Å². The predicted molar refractivity (Wildman–Crippen MR) is 81.1 cm³/mol. The molecule has 1 aliphatic heterocycles. The summed E-state index contributed by atoms with van der Waals surface area (Å²) in [5.74, 6) is 0.205. The predicted octanol–water partition coefficient (Wildman–Crippen LogP) is 2.28. The third kappa shape index (κ3) is 2.84.